The molecule has 0 aliphatic carbocycles. The molecule has 1 rings (SSSR count). The van der Waals surface area contributed by atoms with Gasteiger partial charge in [-0.15, -0.1) is 33.2 Å². The SMILES string of the molecule is Clc1cccc(CCCC[Si](Cl)(Cl)Cl)c1. The minimum absolute atomic E-state index is 0.734. The molecule has 0 aliphatic rings. The molecule has 1 aromatic carbocycles. The molecule has 0 atom stereocenters. The van der Waals surface area contributed by atoms with Crippen molar-refractivity contribution in [1.29, 1.82) is 0 Å². The molecule has 0 radical (unpaired) electrons. The van der Waals surface area contributed by atoms with Gasteiger partial charge in [-0.3, -0.25) is 0 Å². The molecule has 5 heteroatoms. The largest absolute Gasteiger partial charge is 0.341 e. The monoisotopic (exact) mass is 300 g/mol. The van der Waals surface area contributed by atoms with Gasteiger partial charge in [0.05, 0.1) is 0 Å². The highest BCUT2D eigenvalue weighted by Crippen LogP contribution is 2.27. The first-order valence-corrected chi connectivity index (χ1v) is 10.4. The molecular formula is C10H12Cl4Si. The summed E-state index contributed by atoms with van der Waals surface area (Å²) in [5.74, 6) is 0. The molecule has 0 aliphatic heterocycles. The minimum Gasteiger partial charge on any atom is -0.126 e. The lowest BCUT2D eigenvalue weighted by Gasteiger charge is -2.07. The number of rotatable bonds is 5. The van der Waals surface area contributed by atoms with E-state index in [1.54, 1.807) is 0 Å². The van der Waals surface area contributed by atoms with E-state index in [0.29, 0.717) is 0 Å². The van der Waals surface area contributed by atoms with Gasteiger partial charge in [-0.05, 0) is 36.6 Å². The normalized spacial score (nSPS) is 11.7. The molecule has 15 heavy (non-hydrogen) atoms. The second-order valence-corrected chi connectivity index (χ2v) is 13.2. The number of aryl methyl sites for hydroxylation is 1. The standard InChI is InChI=1S/C10H12Cl4Si/c11-10-6-3-5-9(8-10)4-1-2-7-15(12,13)14/h3,5-6,8H,1-2,4,7H2. The topological polar surface area (TPSA) is 0 Å². The molecular weight excluding hydrogens is 290 g/mol. The van der Waals surface area contributed by atoms with Crippen LogP contribution in [0.5, 0.6) is 0 Å². The summed E-state index contributed by atoms with van der Waals surface area (Å²) < 4.78 is 0. The highest BCUT2D eigenvalue weighted by Gasteiger charge is 2.23. The number of halogens is 4. The Morgan fingerprint density at radius 1 is 1.07 bits per heavy atom. The van der Waals surface area contributed by atoms with Crippen LogP contribution < -0.4 is 0 Å². The Bertz CT molecular complexity index is 309. The van der Waals surface area contributed by atoms with E-state index in [4.69, 9.17) is 44.8 Å². The molecule has 0 bridgehead atoms. The molecule has 0 unspecified atom stereocenters. The second-order valence-electron chi connectivity index (χ2n) is 3.45. The number of benzene rings is 1. The quantitative estimate of drug-likeness (QED) is 0.392. The molecule has 0 fully saturated rings. The number of hydrogen-bond donors (Lipinski definition) is 0. The third kappa shape index (κ3) is 6.70. The first-order chi connectivity index (χ1) is 6.97. The second kappa shape index (κ2) is 6.36. The smallest absolute Gasteiger partial charge is 0.126 e. The van der Waals surface area contributed by atoms with E-state index in [-0.39, 0.29) is 0 Å². The van der Waals surface area contributed by atoms with E-state index in [0.717, 1.165) is 30.3 Å². The van der Waals surface area contributed by atoms with Crippen molar-refractivity contribution in [2.45, 2.75) is 25.3 Å². The summed E-state index contributed by atoms with van der Waals surface area (Å²) in [7, 11) is 0. The summed E-state index contributed by atoms with van der Waals surface area (Å²) in [5, 5.41) is 0.781. The Morgan fingerprint density at radius 3 is 2.40 bits per heavy atom. The summed E-state index contributed by atoms with van der Waals surface area (Å²) >= 11 is 23.2. The summed E-state index contributed by atoms with van der Waals surface area (Å²) in [6, 6.07) is 6.20. The predicted octanol–water partition coefficient (Wildman–Crippen LogP) is 5.32. The summed E-state index contributed by atoms with van der Waals surface area (Å²) in [4.78, 5) is 0. The minimum atomic E-state index is -2.42. The first kappa shape index (κ1) is 13.7. The van der Waals surface area contributed by atoms with Gasteiger partial charge < -0.3 is 0 Å². The lowest BCUT2D eigenvalue weighted by atomic mass is 10.1. The Kier molecular flexibility index (Phi) is 5.79. The van der Waals surface area contributed by atoms with E-state index >= 15 is 0 Å². The number of hydrogen-bond acceptors (Lipinski definition) is 0. The maximum atomic E-state index is 5.87. The third-order valence-corrected chi connectivity index (χ3v) is 4.92. The van der Waals surface area contributed by atoms with Crippen molar-refractivity contribution in [1.82, 2.24) is 0 Å². The molecule has 0 heterocycles. The predicted molar refractivity (Wildman–Crippen MR) is 72.5 cm³/mol. The Hall–Kier alpha value is 0.597. The van der Waals surface area contributed by atoms with Crippen LogP contribution in [0.1, 0.15) is 18.4 Å². The first-order valence-electron chi connectivity index (χ1n) is 4.78. The van der Waals surface area contributed by atoms with Gasteiger partial charge in [-0.2, -0.15) is 0 Å². The Morgan fingerprint density at radius 2 is 1.80 bits per heavy atom. The van der Waals surface area contributed by atoms with Crippen molar-refractivity contribution in [2.75, 3.05) is 0 Å². The van der Waals surface area contributed by atoms with Gasteiger partial charge in [0.25, 0.3) is 0 Å². The Labute approximate surface area is 111 Å². The van der Waals surface area contributed by atoms with Crippen LogP contribution >= 0.6 is 44.8 Å². The average molecular weight is 302 g/mol. The third-order valence-electron chi connectivity index (χ3n) is 2.06. The summed E-state index contributed by atoms with van der Waals surface area (Å²) in [5.41, 5.74) is 1.24. The molecule has 0 amide bonds. The zero-order valence-electron chi connectivity index (χ0n) is 8.15. The van der Waals surface area contributed by atoms with Crippen LogP contribution in [0.4, 0.5) is 0 Å². The van der Waals surface area contributed by atoms with E-state index in [2.05, 4.69) is 6.07 Å². The molecule has 0 saturated heterocycles. The zero-order valence-corrected chi connectivity index (χ0v) is 12.2. The highest BCUT2D eigenvalue weighted by molar-refractivity contribution is 7.64. The van der Waals surface area contributed by atoms with E-state index < -0.39 is 6.00 Å². The lowest BCUT2D eigenvalue weighted by Crippen LogP contribution is -2.07. The van der Waals surface area contributed by atoms with Gasteiger partial charge in [0.2, 0.25) is 0 Å². The molecule has 1 aromatic rings. The molecule has 0 nitrogen and oxygen atoms in total. The van der Waals surface area contributed by atoms with Gasteiger partial charge in [-0.25, -0.2) is 0 Å². The van der Waals surface area contributed by atoms with E-state index in [1.165, 1.54) is 5.56 Å². The van der Waals surface area contributed by atoms with Crippen LogP contribution in [-0.2, 0) is 6.42 Å². The van der Waals surface area contributed by atoms with Crippen LogP contribution in [0.15, 0.2) is 24.3 Å². The van der Waals surface area contributed by atoms with Gasteiger partial charge in [-0.1, -0.05) is 30.2 Å². The Balaban J connectivity index is 2.26. The highest BCUT2D eigenvalue weighted by atomic mass is 35.8. The van der Waals surface area contributed by atoms with Crippen LogP contribution in [0, 0.1) is 0 Å². The summed E-state index contributed by atoms with van der Waals surface area (Å²) in [6.07, 6.45) is 3.01. The van der Waals surface area contributed by atoms with Crippen molar-refractivity contribution in [3.8, 4) is 0 Å². The van der Waals surface area contributed by atoms with Crippen molar-refractivity contribution in [3.63, 3.8) is 0 Å². The van der Waals surface area contributed by atoms with E-state index in [9.17, 15) is 0 Å². The average Bonchev–Trinajstić information content (AvgIpc) is 2.11. The van der Waals surface area contributed by atoms with Crippen LogP contribution in [0.2, 0.25) is 11.1 Å². The zero-order chi connectivity index (χ0) is 11.3. The fraction of sp³-hybridized carbons (Fsp3) is 0.400. The van der Waals surface area contributed by atoms with E-state index in [1.807, 2.05) is 18.2 Å². The van der Waals surface area contributed by atoms with Crippen molar-refractivity contribution >= 4 is 50.8 Å². The lowest BCUT2D eigenvalue weighted by molar-refractivity contribution is 0.791. The molecule has 0 aromatic heterocycles. The van der Waals surface area contributed by atoms with Gasteiger partial charge >= 0.3 is 6.00 Å². The van der Waals surface area contributed by atoms with Crippen molar-refractivity contribution in [3.05, 3.63) is 34.9 Å². The molecule has 84 valence electrons. The van der Waals surface area contributed by atoms with Gasteiger partial charge in [0, 0.05) is 5.02 Å². The maximum absolute atomic E-state index is 5.87. The fourth-order valence-electron chi connectivity index (χ4n) is 1.35. The number of unbranched alkanes of at least 4 members (excludes halogenated alkanes) is 1. The van der Waals surface area contributed by atoms with Crippen LogP contribution in [-0.4, -0.2) is 6.00 Å². The van der Waals surface area contributed by atoms with Crippen LogP contribution in [0.25, 0.3) is 0 Å². The van der Waals surface area contributed by atoms with Crippen molar-refractivity contribution in [2.24, 2.45) is 0 Å². The maximum Gasteiger partial charge on any atom is 0.341 e. The van der Waals surface area contributed by atoms with Gasteiger partial charge in [0.15, 0.2) is 0 Å². The molecule has 0 spiro atoms. The summed E-state index contributed by atoms with van der Waals surface area (Å²) in [6.45, 7) is 0. The van der Waals surface area contributed by atoms with Crippen LogP contribution in [0.3, 0.4) is 0 Å². The van der Waals surface area contributed by atoms with Gasteiger partial charge in [0.1, 0.15) is 0 Å². The molecule has 0 N–H and O–H groups in total. The fourth-order valence-corrected chi connectivity index (χ4v) is 3.41. The molecule has 0 saturated carbocycles. The van der Waals surface area contributed by atoms with Crippen molar-refractivity contribution < 1.29 is 0 Å².